The number of anilines is 1. The number of nitrogens with zero attached hydrogens (tertiary/aromatic N) is 3. The first kappa shape index (κ1) is 12.3. The van der Waals surface area contributed by atoms with E-state index >= 15 is 0 Å². The van der Waals surface area contributed by atoms with Crippen LogP contribution in [0.15, 0.2) is 30.3 Å². The first-order valence-corrected chi connectivity index (χ1v) is 6.18. The molecule has 0 saturated heterocycles. The van der Waals surface area contributed by atoms with E-state index in [0.717, 1.165) is 12.8 Å². The first-order chi connectivity index (χ1) is 9.61. The van der Waals surface area contributed by atoms with Gasteiger partial charge in [0.25, 0.3) is 5.69 Å². The molecule has 102 valence electrons. The van der Waals surface area contributed by atoms with Crippen molar-refractivity contribution in [3.63, 3.8) is 0 Å². The molecule has 1 heterocycles. The molecule has 1 aliphatic carbocycles. The maximum absolute atomic E-state index is 10.7. The summed E-state index contributed by atoms with van der Waals surface area (Å²) in [6.07, 6.45) is 2.11. The van der Waals surface area contributed by atoms with Crippen molar-refractivity contribution in [2.24, 2.45) is 0 Å². The summed E-state index contributed by atoms with van der Waals surface area (Å²) in [5, 5.41) is 10.7. The minimum atomic E-state index is -0.475. The Bertz CT molecular complexity index is 670. The van der Waals surface area contributed by atoms with E-state index < -0.39 is 4.92 Å². The number of nitrogens with two attached hydrogens (primary N) is 1. The van der Waals surface area contributed by atoms with E-state index in [-0.39, 0.29) is 5.69 Å². The highest BCUT2D eigenvalue weighted by atomic mass is 16.6. The predicted molar refractivity (Wildman–Crippen MR) is 71.6 cm³/mol. The van der Waals surface area contributed by atoms with Gasteiger partial charge in [0.2, 0.25) is 5.88 Å². The minimum Gasteiger partial charge on any atom is -0.439 e. The molecule has 0 spiro atoms. The molecule has 7 heteroatoms. The fraction of sp³-hybridized carbons (Fsp3) is 0.231. The summed E-state index contributed by atoms with van der Waals surface area (Å²) in [5.74, 6) is 2.01. The van der Waals surface area contributed by atoms with Crippen LogP contribution in [0, 0.1) is 10.1 Å². The van der Waals surface area contributed by atoms with Crippen LogP contribution in [0.2, 0.25) is 0 Å². The quantitative estimate of drug-likeness (QED) is 0.677. The number of ether oxygens (including phenoxy) is 1. The number of nitro benzene ring substituents is 1. The van der Waals surface area contributed by atoms with Gasteiger partial charge < -0.3 is 10.5 Å². The fourth-order valence-electron chi connectivity index (χ4n) is 1.82. The number of hydrogen-bond acceptors (Lipinski definition) is 6. The molecular weight excluding hydrogens is 260 g/mol. The van der Waals surface area contributed by atoms with E-state index in [2.05, 4.69) is 9.97 Å². The summed E-state index contributed by atoms with van der Waals surface area (Å²) in [4.78, 5) is 18.7. The predicted octanol–water partition coefficient (Wildman–Crippen LogP) is 2.64. The average molecular weight is 272 g/mol. The Morgan fingerprint density at radius 2 is 2.10 bits per heavy atom. The molecule has 3 rings (SSSR count). The molecule has 1 aromatic carbocycles. The van der Waals surface area contributed by atoms with Crippen LogP contribution in [0.3, 0.4) is 0 Å². The van der Waals surface area contributed by atoms with Crippen molar-refractivity contribution in [1.29, 1.82) is 0 Å². The zero-order chi connectivity index (χ0) is 14.1. The van der Waals surface area contributed by atoms with Crippen molar-refractivity contribution in [3.8, 4) is 11.6 Å². The van der Waals surface area contributed by atoms with Crippen molar-refractivity contribution < 1.29 is 9.66 Å². The molecule has 0 aliphatic heterocycles. The zero-order valence-electron chi connectivity index (χ0n) is 10.5. The van der Waals surface area contributed by atoms with Crippen LogP contribution in [0.4, 0.5) is 11.5 Å². The number of hydrogen-bond donors (Lipinski definition) is 1. The molecule has 1 aromatic heterocycles. The molecule has 2 N–H and O–H groups in total. The van der Waals surface area contributed by atoms with Crippen LogP contribution in [-0.2, 0) is 0 Å². The van der Waals surface area contributed by atoms with E-state index in [9.17, 15) is 10.1 Å². The Kier molecular flexibility index (Phi) is 2.94. The maximum Gasteiger partial charge on any atom is 0.273 e. The first-order valence-electron chi connectivity index (χ1n) is 6.18. The van der Waals surface area contributed by atoms with Gasteiger partial charge in [-0.2, -0.15) is 4.98 Å². The molecule has 0 radical (unpaired) electrons. The maximum atomic E-state index is 10.7. The van der Waals surface area contributed by atoms with Crippen molar-refractivity contribution in [1.82, 2.24) is 9.97 Å². The summed E-state index contributed by atoms with van der Waals surface area (Å²) in [6.45, 7) is 0. The lowest BCUT2D eigenvalue weighted by Gasteiger charge is -2.07. The topological polar surface area (TPSA) is 104 Å². The van der Waals surface area contributed by atoms with Crippen molar-refractivity contribution in [2.75, 3.05) is 5.73 Å². The van der Waals surface area contributed by atoms with Crippen molar-refractivity contribution >= 4 is 11.5 Å². The molecule has 20 heavy (non-hydrogen) atoms. The summed E-state index contributed by atoms with van der Waals surface area (Å²) in [6, 6.07) is 7.43. The second-order valence-corrected chi connectivity index (χ2v) is 4.62. The number of non-ortho nitro benzene ring substituents is 1. The Labute approximate surface area is 114 Å². The highest BCUT2D eigenvalue weighted by Gasteiger charge is 2.27. The minimum absolute atomic E-state index is 0.0352. The molecule has 1 fully saturated rings. The summed E-state index contributed by atoms with van der Waals surface area (Å²) in [7, 11) is 0. The Morgan fingerprint density at radius 1 is 1.30 bits per heavy atom. The van der Waals surface area contributed by atoms with Crippen molar-refractivity contribution in [3.05, 3.63) is 46.3 Å². The smallest absolute Gasteiger partial charge is 0.273 e. The third kappa shape index (κ3) is 2.66. The standard InChI is InChI=1S/C13H12N4O3/c14-11-7-12(16-13(15-11)8-4-5-8)20-10-3-1-2-9(6-10)17(18)19/h1-3,6-8H,4-5H2,(H2,14,15,16). The van der Waals surface area contributed by atoms with Gasteiger partial charge in [0, 0.05) is 18.1 Å². The van der Waals surface area contributed by atoms with Gasteiger partial charge in [0.1, 0.15) is 17.4 Å². The van der Waals surface area contributed by atoms with Crippen LogP contribution >= 0.6 is 0 Å². The highest BCUT2D eigenvalue weighted by Crippen LogP contribution is 2.39. The monoisotopic (exact) mass is 272 g/mol. The average Bonchev–Trinajstić information content (AvgIpc) is 3.22. The lowest BCUT2D eigenvalue weighted by Crippen LogP contribution is -2.00. The van der Waals surface area contributed by atoms with Gasteiger partial charge in [0.15, 0.2) is 0 Å². The molecule has 1 aliphatic rings. The fourth-order valence-corrected chi connectivity index (χ4v) is 1.82. The van der Waals surface area contributed by atoms with Crippen LogP contribution in [0.25, 0.3) is 0 Å². The SMILES string of the molecule is Nc1cc(Oc2cccc([N+](=O)[O-])c2)nc(C2CC2)n1. The second-order valence-electron chi connectivity index (χ2n) is 4.62. The van der Waals surface area contributed by atoms with Crippen LogP contribution in [0.5, 0.6) is 11.6 Å². The molecule has 7 nitrogen and oxygen atoms in total. The van der Waals surface area contributed by atoms with Gasteiger partial charge in [0.05, 0.1) is 11.0 Å². The van der Waals surface area contributed by atoms with Crippen LogP contribution < -0.4 is 10.5 Å². The summed E-state index contributed by atoms with van der Waals surface area (Å²) < 4.78 is 5.53. The number of benzene rings is 1. The molecule has 0 bridgehead atoms. The van der Waals surface area contributed by atoms with Gasteiger partial charge in [-0.3, -0.25) is 10.1 Å². The second kappa shape index (κ2) is 4.76. The summed E-state index contributed by atoms with van der Waals surface area (Å²) >= 11 is 0. The van der Waals surface area contributed by atoms with E-state index in [1.807, 2.05) is 0 Å². The normalized spacial score (nSPS) is 14.0. The number of rotatable bonds is 4. The summed E-state index contributed by atoms with van der Waals surface area (Å²) in [5.41, 5.74) is 5.68. The van der Waals surface area contributed by atoms with Crippen LogP contribution in [0.1, 0.15) is 24.6 Å². The molecular formula is C13H12N4O3. The Hall–Kier alpha value is -2.70. The van der Waals surface area contributed by atoms with Gasteiger partial charge in [-0.25, -0.2) is 4.98 Å². The zero-order valence-corrected chi connectivity index (χ0v) is 10.5. The molecule has 2 aromatic rings. The van der Waals surface area contributed by atoms with E-state index in [4.69, 9.17) is 10.5 Å². The van der Waals surface area contributed by atoms with E-state index in [0.29, 0.717) is 29.2 Å². The van der Waals surface area contributed by atoms with Gasteiger partial charge >= 0.3 is 0 Å². The largest absolute Gasteiger partial charge is 0.439 e. The lowest BCUT2D eigenvalue weighted by atomic mass is 10.3. The van der Waals surface area contributed by atoms with Gasteiger partial charge in [-0.1, -0.05) is 6.07 Å². The lowest BCUT2D eigenvalue weighted by molar-refractivity contribution is -0.384. The Morgan fingerprint density at radius 3 is 2.80 bits per heavy atom. The highest BCUT2D eigenvalue weighted by molar-refractivity contribution is 5.41. The van der Waals surface area contributed by atoms with Crippen LogP contribution in [-0.4, -0.2) is 14.9 Å². The van der Waals surface area contributed by atoms with Crippen molar-refractivity contribution in [2.45, 2.75) is 18.8 Å². The van der Waals surface area contributed by atoms with Gasteiger partial charge in [-0.05, 0) is 18.9 Å². The van der Waals surface area contributed by atoms with Gasteiger partial charge in [-0.15, -0.1) is 0 Å². The number of aromatic nitrogens is 2. The van der Waals surface area contributed by atoms with E-state index in [1.54, 1.807) is 12.1 Å². The third-order valence-electron chi connectivity index (χ3n) is 2.93. The molecule has 0 amide bonds. The molecule has 1 saturated carbocycles. The Balaban J connectivity index is 1.87. The third-order valence-corrected chi connectivity index (χ3v) is 2.93. The number of nitrogen functional groups attached to an aromatic ring is 1. The van der Waals surface area contributed by atoms with E-state index in [1.165, 1.54) is 18.2 Å². The molecule has 0 atom stereocenters. The molecule has 0 unspecified atom stereocenters. The number of nitro groups is 1.